The number of carboxylic acids is 1. The number of carboxylic acid groups (broad SMARTS) is 1. The van der Waals surface area contributed by atoms with Crippen LogP contribution in [0, 0.1) is 11.8 Å². The van der Waals surface area contributed by atoms with Gasteiger partial charge < -0.3 is 9.63 Å². The van der Waals surface area contributed by atoms with Gasteiger partial charge in [0.2, 0.25) is 7.37 Å². The summed E-state index contributed by atoms with van der Waals surface area (Å²) in [7, 11) is -1.43. The van der Waals surface area contributed by atoms with Gasteiger partial charge in [-0.05, 0) is 37.2 Å². The number of unbranched alkanes of at least 4 members (excludes halogenated alkanes) is 1. The SMILES string of the molecule is COP(=O)(CCCCc1ccccc1)CC(CC(C)C)C(=O)O. The molecule has 0 heterocycles. The number of carbonyl (C=O) groups is 1. The lowest BCUT2D eigenvalue weighted by Gasteiger charge is -2.21. The summed E-state index contributed by atoms with van der Waals surface area (Å²) >= 11 is 0. The number of aryl methyl sites for hydroxylation is 1. The smallest absolute Gasteiger partial charge is 0.307 e. The van der Waals surface area contributed by atoms with Crippen molar-refractivity contribution in [3.05, 3.63) is 35.9 Å². The molecular weight excluding hydrogens is 311 g/mol. The first-order valence-corrected chi connectivity index (χ1v) is 10.3. The van der Waals surface area contributed by atoms with E-state index < -0.39 is 19.3 Å². The van der Waals surface area contributed by atoms with E-state index in [2.05, 4.69) is 12.1 Å². The van der Waals surface area contributed by atoms with Crippen LogP contribution in [0.2, 0.25) is 0 Å². The zero-order chi connectivity index (χ0) is 17.3. The second-order valence-corrected chi connectivity index (χ2v) is 9.32. The summed E-state index contributed by atoms with van der Waals surface area (Å²) in [4.78, 5) is 11.4. The Morgan fingerprint density at radius 1 is 1.22 bits per heavy atom. The first-order valence-electron chi connectivity index (χ1n) is 8.27. The molecule has 1 aromatic rings. The minimum absolute atomic E-state index is 0.141. The Balaban J connectivity index is 2.49. The summed E-state index contributed by atoms with van der Waals surface area (Å²) in [6.07, 6.45) is 3.79. The average molecular weight is 340 g/mol. The fourth-order valence-electron chi connectivity index (χ4n) is 2.74. The predicted octanol–water partition coefficient (Wildman–Crippen LogP) is 4.68. The molecule has 0 amide bonds. The van der Waals surface area contributed by atoms with E-state index in [9.17, 15) is 14.5 Å². The van der Waals surface area contributed by atoms with E-state index in [1.54, 1.807) is 0 Å². The van der Waals surface area contributed by atoms with Crippen molar-refractivity contribution < 1.29 is 19.0 Å². The largest absolute Gasteiger partial charge is 0.481 e. The molecule has 5 heteroatoms. The van der Waals surface area contributed by atoms with Crippen LogP contribution in [0.25, 0.3) is 0 Å². The van der Waals surface area contributed by atoms with Gasteiger partial charge in [0.25, 0.3) is 0 Å². The van der Waals surface area contributed by atoms with Gasteiger partial charge >= 0.3 is 5.97 Å². The highest BCUT2D eigenvalue weighted by Crippen LogP contribution is 2.49. The van der Waals surface area contributed by atoms with E-state index in [4.69, 9.17) is 4.52 Å². The second kappa shape index (κ2) is 9.89. The van der Waals surface area contributed by atoms with Crippen molar-refractivity contribution in [1.29, 1.82) is 0 Å². The van der Waals surface area contributed by atoms with E-state index in [0.29, 0.717) is 12.6 Å². The number of benzene rings is 1. The fourth-order valence-corrected chi connectivity index (χ4v) is 4.94. The molecule has 2 unspecified atom stereocenters. The molecule has 0 radical (unpaired) electrons. The quantitative estimate of drug-likeness (QED) is 0.469. The normalized spacial score (nSPS) is 15.3. The molecule has 1 rings (SSSR count). The molecule has 4 nitrogen and oxygen atoms in total. The fraction of sp³-hybridized carbons (Fsp3) is 0.611. The summed E-state index contributed by atoms with van der Waals surface area (Å²) in [5.41, 5.74) is 1.27. The minimum atomic E-state index is -2.87. The van der Waals surface area contributed by atoms with Crippen molar-refractivity contribution >= 4 is 13.3 Å². The molecule has 1 N–H and O–H groups in total. The van der Waals surface area contributed by atoms with Crippen LogP contribution in [0.4, 0.5) is 0 Å². The van der Waals surface area contributed by atoms with Crippen molar-refractivity contribution in [3.8, 4) is 0 Å². The van der Waals surface area contributed by atoms with Crippen LogP contribution in [0.5, 0.6) is 0 Å². The average Bonchev–Trinajstić information content (AvgIpc) is 2.51. The third kappa shape index (κ3) is 7.81. The van der Waals surface area contributed by atoms with Crippen molar-refractivity contribution in [3.63, 3.8) is 0 Å². The molecule has 2 atom stereocenters. The topological polar surface area (TPSA) is 63.6 Å². The predicted molar refractivity (Wildman–Crippen MR) is 94.3 cm³/mol. The van der Waals surface area contributed by atoms with Gasteiger partial charge in [-0.2, -0.15) is 0 Å². The van der Waals surface area contributed by atoms with E-state index in [1.807, 2.05) is 32.0 Å². The minimum Gasteiger partial charge on any atom is -0.481 e. The van der Waals surface area contributed by atoms with Gasteiger partial charge in [0.05, 0.1) is 5.92 Å². The lowest BCUT2D eigenvalue weighted by Crippen LogP contribution is -2.21. The van der Waals surface area contributed by atoms with Crippen LogP contribution in [-0.2, 0) is 20.3 Å². The van der Waals surface area contributed by atoms with E-state index in [1.165, 1.54) is 12.7 Å². The monoisotopic (exact) mass is 340 g/mol. The Hall–Kier alpha value is -1.12. The molecule has 0 aliphatic rings. The van der Waals surface area contributed by atoms with Gasteiger partial charge in [0, 0.05) is 19.4 Å². The molecule has 0 fully saturated rings. The van der Waals surface area contributed by atoms with Gasteiger partial charge in [-0.3, -0.25) is 9.36 Å². The zero-order valence-corrected chi connectivity index (χ0v) is 15.3. The Morgan fingerprint density at radius 2 is 1.87 bits per heavy atom. The van der Waals surface area contributed by atoms with E-state index in [-0.39, 0.29) is 12.1 Å². The van der Waals surface area contributed by atoms with Crippen molar-refractivity contribution in [1.82, 2.24) is 0 Å². The first kappa shape index (κ1) is 19.9. The lowest BCUT2D eigenvalue weighted by molar-refractivity contribution is -0.141. The van der Waals surface area contributed by atoms with Gasteiger partial charge in [-0.25, -0.2) is 0 Å². The number of aliphatic carboxylic acids is 1. The molecule has 1 aromatic carbocycles. The molecule has 0 saturated carbocycles. The molecule has 0 bridgehead atoms. The Morgan fingerprint density at radius 3 is 2.39 bits per heavy atom. The van der Waals surface area contributed by atoms with Crippen LogP contribution < -0.4 is 0 Å². The van der Waals surface area contributed by atoms with Crippen molar-refractivity contribution in [2.75, 3.05) is 19.4 Å². The van der Waals surface area contributed by atoms with Gasteiger partial charge in [0.15, 0.2) is 0 Å². The van der Waals surface area contributed by atoms with Crippen LogP contribution >= 0.6 is 7.37 Å². The second-order valence-electron chi connectivity index (χ2n) is 6.51. The summed E-state index contributed by atoms with van der Waals surface area (Å²) in [6.45, 7) is 3.96. The maximum Gasteiger partial charge on any atom is 0.307 e. The zero-order valence-electron chi connectivity index (χ0n) is 14.4. The third-order valence-corrected chi connectivity index (χ3v) is 6.65. The molecule has 0 aliphatic heterocycles. The highest BCUT2D eigenvalue weighted by Gasteiger charge is 2.30. The van der Waals surface area contributed by atoms with Crippen LogP contribution in [-0.4, -0.2) is 30.5 Å². The summed E-state index contributed by atoms with van der Waals surface area (Å²) < 4.78 is 18.0. The molecule has 0 spiro atoms. The van der Waals surface area contributed by atoms with E-state index in [0.717, 1.165) is 19.3 Å². The summed E-state index contributed by atoms with van der Waals surface area (Å²) in [5.74, 6) is -1.20. The van der Waals surface area contributed by atoms with Crippen LogP contribution in [0.3, 0.4) is 0 Å². The number of hydrogen-bond acceptors (Lipinski definition) is 3. The molecule has 130 valence electrons. The maximum atomic E-state index is 12.8. The van der Waals surface area contributed by atoms with Crippen LogP contribution in [0.15, 0.2) is 30.3 Å². The lowest BCUT2D eigenvalue weighted by atomic mass is 9.99. The maximum absolute atomic E-state index is 12.8. The van der Waals surface area contributed by atoms with Gasteiger partial charge in [-0.1, -0.05) is 44.2 Å². The molecule has 23 heavy (non-hydrogen) atoms. The Kier molecular flexibility index (Phi) is 8.57. The number of hydrogen-bond donors (Lipinski definition) is 1. The van der Waals surface area contributed by atoms with Gasteiger partial charge in [0.1, 0.15) is 0 Å². The molecule has 0 saturated heterocycles. The van der Waals surface area contributed by atoms with Gasteiger partial charge in [-0.15, -0.1) is 0 Å². The molecule has 0 aliphatic carbocycles. The van der Waals surface area contributed by atoms with Crippen molar-refractivity contribution in [2.24, 2.45) is 11.8 Å². The van der Waals surface area contributed by atoms with Crippen LogP contribution in [0.1, 0.15) is 38.7 Å². The first-order chi connectivity index (χ1) is 10.9. The Bertz CT molecular complexity index is 513. The highest BCUT2D eigenvalue weighted by molar-refractivity contribution is 7.59. The summed E-state index contributed by atoms with van der Waals surface area (Å²) in [6, 6.07) is 10.2. The van der Waals surface area contributed by atoms with E-state index >= 15 is 0 Å². The Labute approximate surface area is 139 Å². The molecule has 0 aromatic heterocycles. The summed E-state index contributed by atoms with van der Waals surface area (Å²) in [5, 5.41) is 9.32. The third-order valence-electron chi connectivity index (χ3n) is 3.99. The standard InChI is InChI=1S/C18H29O4P/c1-15(2)13-17(18(19)20)14-23(21,22-3)12-8-7-11-16-9-5-4-6-10-16/h4-6,9-10,15,17H,7-8,11-14H2,1-3H3,(H,19,20). The number of rotatable bonds is 11. The molecular formula is C18H29O4P. The van der Waals surface area contributed by atoms with Crippen molar-refractivity contribution in [2.45, 2.75) is 39.5 Å². The highest BCUT2D eigenvalue weighted by atomic mass is 31.2.